The van der Waals surface area contributed by atoms with Gasteiger partial charge < -0.3 is 9.88 Å². The SMILES string of the molecule is O=C(CCSc1nncn1C1CC1)Nc1c(Cl)cccc1Cl. The van der Waals surface area contributed by atoms with Crippen LogP contribution in [0.2, 0.25) is 10.0 Å². The highest BCUT2D eigenvalue weighted by atomic mass is 35.5. The highest BCUT2D eigenvalue weighted by molar-refractivity contribution is 7.99. The summed E-state index contributed by atoms with van der Waals surface area (Å²) in [5.74, 6) is 0.499. The van der Waals surface area contributed by atoms with Crippen LogP contribution in [0.15, 0.2) is 29.7 Å². The van der Waals surface area contributed by atoms with E-state index in [9.17, 15) is 4.79 Å². The molecule has 1 aromatic carbocycles. The second kappa shape index (κ2) is 6.89. The molecule has 2 aromatic rings. The Kier molecular flexibility index (Phi) is 4.90. The van der Waals surface area contributed by atoms with E-state index in [1.54, 1.807) is 24.5 Å². The number of thioether (sulfide) groups is 1. The van der Waals surface area contributed by atoms with Crippen LogP contribution >= 0.6 is 35.0 Å². The number of para-hydroxylation sites is 1. The molecule has 0 unspecified atom stereocenters. The van der Waals surface area contributed by atoms with Crippen LogP contribution in [-0.2, 0) is 4.79 Å². The molecule has 116 valence electrons. The smallest absolute Gasteiger partial charge is 0.225 e. The Morgan fingerprint density at radius 2 is 2.09 bits per heavy atom. The van der Waals surface area contributed by atoms with Gasteiger partial charge in [-0.2, -0.15) is 0 Å². The molecule has 1 heterocycles. The summed E-state index contributed by atoms with van der Waals surface area (Å²) in [6.45, 7) is 0. The van der Waals surface area contributed by atoms with Crippen LogP contribution in [0.25, 0.3) is 0 Å². The third-order valence-electron chi connectivity index (χ3n) is 3.27. The standard InChI is InChI=1S/C14H14Cl2N4OS/c15-10-2-1-3-11(16)13(10)18-12(21)6-7-22-14-19-17-8-20(14)9-4-5-9/h1-3,8-9H,4-7H2,(H,18,21). The highest BCUT2D eigenvalue weighted by Crippen LogP contribution is 2.37. The van der Waals surface area contributed by atoms with Crippen molar-refractivity contribution in [1.29, 1.82) is 0 Å². The Morgan fingerprint density at radius 1 is 1.36 bits per heavy atom. The lowest BCUT2D eigenvalue weighted by Crippen LogP contribution is -2.13. The molecular weight excluding hydrogens is 343 g/mol. The van der Waals surface area contributed by atoms with E-state index in [4.69, 9.17) is 23.2 Å². The van der Waals surface area contributed by atoms with Gasteiger partial charge in [-0.3, -0.25) is 4.79 Å². The van der Waals surface area contributed by atoms with Crippen molar-refractivity contribution < 1.29 is 4.79 Å². The van der Waals surface area contributed by atoms with Gasteiger partial charge in [0.15, 0.2) is 5.16 Å². The summed E-state index contributed by atoms with van der Waals surface area (Å²) in [7, 11) is 0. The van der Waals surface area contributed by atoms with E-state index in [-0.39, 0.29) is 5.91 Å². The molecule has 1 N–H and O–H groups in total. The minimum Gasteiger partial charge on any atom is -0.324 e. The van der Waals surface area contributed by atoms with Gasteiger partial charge >= 0.3 is 0 Å². The van der Waals surface area contributed by atoms with Crippen LogP contribution in [-0.4, -0.2) is 26.4 Å². The lowest BCUT2D eigenvalue weighted by molar-refractivity contribution is -0.115. The Hall–Kier alpha value is -1.24. The molecule has 5 nitrogen and oxygen atoms in total. The first-order valence-electron chi connectivity index (χ1n) is 6.91. The Labute approximate surface area is 142 Å². The number of carbonyl (C=O) groups excluding carboxylic acids is 1. The molecule has 0 radical (unpaired) electrons. The molecular formula is C14H14Cl2N4OS. The average molecular weight is 357 g/mol. The van der Waals surface area contributed by atoms with Gasteiger partial charge in [-0.25, -0.2) is 0 Å². The lowest BCUT2D eigenvalue weighted by Gasteiger charge is -2.09. The number of halogens is 2. The van der Waals surface area contributed by atoms with Crippen molar-refractivity contribution in [1.82, 2.24) is 14.8 Å². The van der Waals surface area contributed by atoms with Crippen molar-refractivity contribution in [2.75, 3.05) is 11.1 Å². The van der Waals surface area contributed by atoms with Gasteiger partial charge in [-0.15, -0.1) is 10.2 Å². The van der Waals surface area contributed by atoms with Gasteiger partial charge in [0.25, 0.3) is 0 Å². The van der Waals surface area contributed by atoms with E-state index in [0.29, 0.717) is 33.9 Å². The maximum absolute atomic E-state index is 12.0. The van der Waals surface area contributed by atoms with Crippen molar-refractivity contribution in [3.8, 4) is 0 Å². The van der Waals surface area contributed by atoms with Crippen molar-refractivity contribution in [2.45, 2.75) is 30.5 Å². The number of anilines is 1. The number of nitrogens with one attached hydrogen (secondary N) is 1. The Bertz CT molecular complexity index is 667. The predicted molar refractivity (Wildman–Crippen MR) is 88.7 cm³/mol. The number of benzene rings is 1. The summed E-state index contributed by atoms with van der Waals surface area (Å²) in [5, 5.41) is 12.5. The van der Waals surface area contributed by atoms with Crippen LogP contribution < -0.4 is 5.32 Å². The van der Waals surface area contributed by atoms with Crippen LogP contribution in [0, 0.1) is 0 Å². The van der Waals surface area contributed by atoms with E-state index >= 15 is 0 Å². The normalized spacial score (nSPS) is 14.1. The first-order chi connectivity index (χ1) is 10.6. The summed E-state index contributed by atoms with van der Waals surface area (Å²) in [6.07, 6.45) is 4.46. The predicted octanol–water partition coefficient (Wildman–Crippen LogP) is 4.04. The van der Waals surface area contributed by atoms with E-state index in [0.717, 1.165) is 5.16 Å². The molecule has 0 spiro atoms. The average Bonchev–Trinajstić information content (AvgIpc) is 3.23. The lowest BCUT2D eigenvalue weighted by atomic mass is 10.3. The molecule has 1 aliphatic carbocycles. The summed E-state index contributed by atoms with van der Waals surface area (Å²) in [5.41, 5.74) is 0.460. The fraction of sp³-hybridized carbons (Fsp3) is 0.357. The zero-order valence-corrected chi connectivity index (χ0v) is 14.0. The first-order valence-corrected chi connectivity index (χ1v) is 8.65. The molecule has 1 amide bonds. The molecule has 0 bridgehead atoms. The minimum absolute atomic E-state index is 0.125. The number of hydrogen-bond acceptors (Lipinski definition) is 4. The van der Waals surface area contributed by atoms with E-state index in [1.807, 2.05) is 0 Å². The first kappa shape index (κ1) is 15.6. The maximum Gasteiger partial charge on any atom is 0.225 e. The number of carbonyl (C=O) groups is 1. The van der Waals surface area contributed by atoms with Gasteiger partial charge in [-0.05, 0) is 25.0 Å². The van der Waals surface area contributed by atoms with Crippen molar-refractivity contribution in [3.05, 3.63) is 34.6 Å². The Morgan fingerprint density at radius 3 is 2.77 bits per heavy atom. The molecule has 1 fully saturated rings. The molecule has 0 atom stereocenters. The van der Waals surface area contributed by atoms with E-state index in [2.05, 4.69) is 20.1 Å². The summed E-state index contributed by atoms with van der Waals surface area (Å²) in [4.78, 5) is 12.0. The zero-order valence-electron chi connectivity index (χ0n) is 11.6. The molecule has 1 aromatic heterocycles. The third-order valence-corrected chi connectivity index (χ3v) is 4.86. The van der Waals surface area contributed by atoms with Gasteiger partial charge in [-0.1, -0.05) is 41.0 Å². The topological polar surface area (TPSA) is 59.8 Å². The summed E-state index contributed by atoms with van der Waals surface area (Å²) < 4.78 is 2.08. The molecule has 0 saturated heterocycles. The Balaban J connectivity index is 1.51. The molecule has 0 aliphatic heterocycles. The number of amides is 1. The highest BCUT2D eigenvalue weighted by Gasteiger charge is 2.26. The van der Waals surface area contributed by atoms with Crippen molar-refractivity contribution in [2.24, 2.45) is 0 Å². The van der Waals surface area contributed by atoms with Gasteiger partial charge in [0, 0.05) is 18.2 Å². The fourth-order valence-corrected chi connectivity index (χ4v) is 3.40. The van der Waals surface area contributed by atoms with E-state index < -0.39 is 0 Å². The molecule has 3 rings (SSSR count). The second-order valence-electron chi connectivity index (χ2n) is 5.00. The van der Waals surface area contributed by atoms with Crippen molar-refractivity contribution >= 4 is 46.6 Å². The number of rotatable bonds is 6. The number of nitrogens with zero attached hydrogens (tertiary/aromatic N) is 3. The zero-order chi connectivity index (χ0) is 15.5. The third kappa shape index (κ3) is 3.74. The molecule has 22 heavy (non-hydrogen) atoms. The summed E-state index contributed by atoms with van der Waals surface area (Å²) in [6, 6.07) is 5.65. The number of aromatic nitrogens is 3. The van der Waals surface area contributed by atoms with Gasteiger partial charge in [0.2, 0.25) is 5.91 Å². The maximum atomic E-state index is 12.0. The fourth-order valence-electron chi connectivity index (χ4n) is 1.99. The van der Waals surface area contributed by atoms with Gasteiger partial charge in [0.1, 0.15) is 6.33 Å². The van der Waals surface area contributed by atoms with Crippen LogP contribution in [0.1, 0.15) is 25.3 Å². The quantitative estimate of drug-likeness (QED) is 0.793. The van der Waals surface area contributed by atoms with Gasteiger partial charge in [0.05, 0.1) is 15.7 Å². The van der Waals surface area contributed by atoms with Crippen LogP contribution in [0.3, 0.4) is 0 Å². The summed E-state index contributed by atoms with van der Waals surface area (Å²) >= 11 is 13.6. The largest absolute Gasteiger partial charge is 0.324 e. The molecule has 1 aliphatic rings. The molecule has 8 heteroatoms. The monoisotopic (exact) mass is 356 g/mol. The van der Waals surface area contributed by atoms with Crippen LogP contribution in [0.4, 0.5) is 5.69 Å². The molecule has 1 saturated carbocycles. The number of hydrogen-bond donors (Lipinski definition) is 1. The minimum atomic E-state index is -0.125. The second-order valence-corrected chi connectivity index (χ2v) is 6.87. The van der Waals surface area contributed by atoms with Crippen LogP contribution in [0.5, 0.6) is 0 Å². The van der Waals surface area contributed by atoms with Crippen molar-refractivity contribution in [3.63, 3.8) is 0 Å². The van der Waals surface area contributed by atoms with E-state index in [1.165, 1.54) is 24.6 Å².